The van der Waals surface area contributed by atoms with Gasteiger partial charge in [0, 0.05) is 6.54 Å². The number of halogens is 3. The van der Waals surface area contributed by atoms with Crippen LogP contribution in [-0.2, 0) is 4.74 Å². The first-order valence-electron chi connectivity index (χ1n) is 6.28. The number of likely N-dealkylation sites (N-methyl/N-ethyl adjacent to an activating group) is 1. The Labute approximate surface area is 101 Å². The van der Waals surface area contributed by atoms with Crippen LogP contribution in [-0.4, -0.2) is 31.5 Å². The van der Waals surface area contributed by atoms with Gasteiger partial charge in [-0.2, -0.15) is 13.2 Å². The molecular weight excluding hydrogens is 231 g/mol. The highest BCUT2D eigenvalue weighted by atomic mass is 19.4. The zero-order chi connectivity index (χ0) is 12.9. The van der Waals surface area contributed by atoms with Gasteiger partial charge in [0.05, 0.1) is 5.60 Å². The molecule has 0 amide bonds. The normalized spacial score (nSPS) is 30.5. The molecule has 102 valence electrons. The Hall–Kier alpha value is -0.290. The van der Waals surface area contributed by atoms with E-state index in [0.717, 1.165) is 32.2 Å². The van der Waals surface area contributed by atoms with E-state index in [2.05, 4.69) is 12.2 Å². The zero-order valence-electron chi connectivity index (χ0n) is 10.6. The summed E-state index contributed by atoms with van der Waals surface area (Å²) in [5.74, 6) is 0.597. The Kier molecular flexibility index (Phi) is 5.25. The van der Waals surface area contributed by atoms with E-state index in [1.54, 1.807) is 0 Å². The molecule has 0 saturated heterocycles. The molecule has 17 heavy (non-hydrogen) atoms. The predicted octanol–water partition coefficient (Wildman–Crippen LogP) is 3.12. The third-order valence-corrected chi connectivity index (χ3v) is 3.42. The second-order valence-electron chi connectivity index (χ2n) is 5.05. The van der Waals surface area contributed by atoms with Crippen molar-refractivity contribution in [3.05, 3.63) is 0 Å². The van der Waals surface area contributed by atoms with E-state index >= 15 is 0 Å². The maximum atomic E-state index is 12.2. The molecule has 0 heterocycles. The van der Waals surface area contributed by atoms with Crippen molar-refractivity contribution in [3.8, 4) is 0 Å². The van der Waals surface area contributed by atoms with Gasteiger partial charge in [-0.15, -0.1) is 0 Å². The minimum Gasteiger partial charge on any atom is -0.364 e. The van der Waals surface area contributed by atoms with E-state index in [-0.39, 0.29) is 0 Å². The molecule has 1 fully saturated rings. The molecule has 1 N–H and O–H groups in total. The summed E-state index contributed by atoms with van der Waals surface area (Å²) in [5, 5.41) is 3.12. The second-order valence-corrected chi connectivity index (χ2v) is 5.05. The summed E-state index contributed by atoms with van der Waals surface area (Å²) in [7, 11) is 0. The molecule has 0 bridgehead atoms. The highest BCUT2D eigenvalue weighted by Crippen LogP contribution is 2.35. The number of nitrogens with one attached hydrogen (secondary N) is 1. The van der Waals surface area contributed by atoms with Crippen LogP contribution in [0, 0.1) is 5.92 Å². The van der Waals surface area contributed by atoms with E-state index < -0.39 is 18.4 Å². The average Bonchev–Trinajstić information content (AvgIpc) is 2.26. The number of hydrogen-bond donors (Lipinski definition) is 1. The fraction of sp³-hybridized carbons (Fsp3) is 1.00. The van der Waals surface area contributed by atoms with Gasteiger partial charge in [-0.25, -0.2) is 0 Å². The summed E-state index contributed by atoms with van der Waals surface area (Å²) in [6.45, 7) is 4.23. The smallest absolute Gasteiger partial charge is 0.364 e. The van der Waals surface area contributed by atoms with E-state index in [4.69, 9.17) is 4.74 Å². The van der Waals surface area contributed by atoms with E-state index in [0.29, 0.717) is 12.5 Å². The highest BCUT2D eigenvalue weighted by molar-refractivity contribution is 4.88. The molecule has 0 aliphatic heterocycles. The average molecular weight is 253 g/mol. The van der Waals surface area contributed by atoms with Crippen molar-refractivity contribution in [1.82, 2.24) is 5.32 Å². The molecule has 0 atom stereocenters. The van der Waals surface area contributed by atoms with Gasteiger partial charge in [-0.1, -0.05) is 13.8 Å². The van der Waals surface area contributed by atoms with Crippen molar-refractivity contribution in [1.29, 1.82) is 0 Å². The lowest BCUT2D eigenvalue weighted by Crippen LogP contribution is -2.47. The van der Waals surface area contributed by atoms with Gasteiger partial charge in [0.1, 0.15) is 6.61 Å². The number of rotatable bonds is 5. The van der Waals surface area contributed by atoms with Gasteiger partial charge in [0.15, 0.2) is 0 Å². The molecule has 1 aliphatic carbocycles. The number of ether oxygens (including phenoxy) is 1. The van der Waals surface area contributed by atoms with Gasteiger partial charge < -0.3 is 10.1 Å². The third-order valence-electron chi connectivity index (χ3n) is 3.42. The fourth-order valence-electron chi connectivity index (χ4n) is 2.25. The summed E-state index contributed by atoms with van der Waals surface area (Å²) in [6, 6.07) is 0. The van der Waals surface area contributed by atoms with E-state index in [1.807, 2.05) is 6.92 Å². The zero-order valence-corrected chi connectivity index (χ0v) is 10.6. The summed E-state index contributed by atoms with van der Waals surface area (Å²) in [4.78, 5) is 0. The molecule has 0 unspecified atom stereocenters. The van der Waals surface area contributed by atoms with Crippen LogP contribution in [0.4, 0.5) is 13.2 Å². The van der Waals surface area contributed by atoms with Crippen LogP contribution in [0.5, 0.6) is 0 Å². The minimum absolute atomic E-state index is 0.520. The lowest BCUT2D eigenvalue weighted by molar-refractivity contribution is -0.211. The SMILES string of the molecule is CCNCC1(OCC(F)(F)F)CCC(C)CC1. The van der Waals surface area contributed by atoms with Crippen LogP contribution in [0.3, 0.4) is 0 Å². The molecule has 0 aromatic carbocycles. The monoisotopic (exact) mass is 253 g/mol. The van der Waals surface area contributed by atoms with Crippen molar-refractivity contribution < 1.29 is 17.9 Å². The van der Waals surface area contributed by atoms with Gasteiger partial charge in [0.25, 0.3) is 0 Å². The molecule has 0 radical (unpaired) electrons. The maximum absolute atomic E-state index is 12.2. The summed E-state index contributed by atoms with van der Waals surface area (Å²) >= 11 is 0. The Morgan fingerprint density at radius 2 is 1.88 bits per heavy atom. The van der Waals surface area contributed by atoms with Gasteiger partial charge >= 0.3 is 6.18 Å². The standard InChI is InChI=1S/C12H22F3NO/c1-3-16-8-11(17-9-12(13,14)15)6-4-10(2)5-7-11/h10,16H,3-9H2,1-2H3. The lowest BCUT2D eigenvalue weighted by Gasteiger charge is -2.39. The largest absolute Gasteiger partial charge is 0.411 e. The maximum Gasteiger partial charge on any atom is 0.411 e. The van der Waals surface area contributed by atoms with Crippen LogP contribution >= 0.6 is 0 Å². The van der Waals surface area contributed by atoms with Gasteiger partial charge in [0.2, 0.25) is 0 Å². The predicted molar refractivity (Wildman–Crippen MR) is 60.9 cm³/mol. The number of hydrogen-bond acceptors (Lipinski definition) is 2. The molecule has 2 nitrogen and oxygen atoms in total. The Morgan fingerprint density at radius 3 is 2.35 bits per heavy atom. The van der Waals surface area contributed by atoms with E-state index in [9.17, 15) is 13.2 Å². The van der Waals surface area contributed by atoms with Gasteiger partial charge in [-0.05, 0) is 38.1 Å². The van der Waals surface area contributed by atoms with Crippen LogP contribution < -0.4 is 5.32 Å². The molecule has 0 aromatic heterocycles. The molecule has 0 aromatic rings. The molecule has 5 heteroatoms. The first kappa shape index (κ1) is 14.8. The molecule has 1 rings (SSSR count). The summed E-state index contributed by atoms with van der Waals surface area (Å²) in [6.07, 6.45) is -0.900. The van der Waals surface area contributed by atoms with Crippen molar-refractivity contribution in [2.45, 2.75) is 51.3 Å². The first-order chi connectivity index (χ1) is 7.87. The first-order valence-corrected chi connectivity index (χ1v) is 6.28. The Bertz CT molecular complexity index is 217. The van der Waals surface area contributed by atoms with Crippen LogP contribution in [0.2, 0.25) is 0 Å². The highest BCUT2D eigenvalue weighted by Gasteiger charge is 2.39. The quantitative estimate of drug-likeness (QED) is 0.812. The Balaban J connectivity index is 2.53. The number of alkyl halides is 3. The van der Waals surface area contributed by atoms with Crippen LogP contribution in [0.25, 0.3) is 0 Å². The van der Waals surface area contributed by atoms with Crippen LogP contribution in [0.15, 0.2) is 0 Å². The van der Waals surface area contributed by atoms with Crippen LogP contribution in [0.1, 0.15) is 39.5 Å². The van der Waals surface area contributed by atoms with Crippen molar-refractivity contribution >= 4 is 0 Å². The molecule has 1 saturated carbocycles. The minimum atomic E-state index is -4.23. The van der Waals surface area contributed by atoms with Gasteiger partial charge in [-0.3, -0.25) is 0 Å². The van der Waals surface area contributed by atoms with Crippen molar-refractivity contribution in [2.75, 3.05) is 19.7 Å². The molecule has 1 aliphatic rings. The van der Waals surface area contributed by atoms with Crippen molar-refractivity contribution in [2.24, 2.45) is 5.92 Å². The molecule has 0 spiro atoms. The topological polar surface area (TPSA) is 21.3 Å². The third kappa shape index (κ3) is 5.25. The second kappa shape index (κ2) is 6.05. The Morgan fingerprint density at radius 1 is 1.29 bits per heavy atom. The summed E-state index contributed by atoms with van der Waals surface area (Å²) < 4.78 is 41.9. The summed E-state index contributed by atoms with van der Waals surface area (Å²) in [5.41, 5.74) is -0.613. The lowest BCUT2D eigenvalue weighted by atomic mass is 9.79. The van der Waals surface area contributed by atoms with E-state index in [1.165, 1.54) is 0 Å². The fourth-order valence-corrected chi connectivity index (χ4v) is 2.25. The van der Waals surface area contributed by atoms with Crippen molar-refractivity contribution in [3.63, 3.8) is 0 Å². The molecular formula is C12H22F3NO.